The fourth-order valence-corrected chi connectivity index (χ4v) is 4.83. The molecule has 5 N–H and O–H groups in total. The van der Waals surface area contributed by atoms with Gasteiger partial charge in [-0.15, -0.1) is 0 Å². The Hall–Kier alpha value is -5.06. The molecule has 1 aliphatic rings. The summed E-state index contributed by atoms with van der Waals surface area (Å²) in [5.74, 6) is -5.32. The second-order valence-electron chi connectivity index (χ2n) is 10.8. The van der Waals surface area contributed by atoms with Crippen LogP contribution in [0.1, 0.15) is 86.5 Å². The summed E-state index contributed by atoms with van der Waals surface area (Å²) in [4.78, 5) is 51.8. The van der Waals surface area contributed by atoms with Crippen molar-refractivity contribution in [3.63, 3.8) is 0 Å². The molecule has 4 rings (SSSR count). The van der Waals surface area contributed by atoms with Gasteiger partial charge in [0.25, 0.3) is 5.91 Å². The Morgan fingerprint density at radius 1 is 0.814 bits per heavy atom. The molecular formula is C32H33NO10. The minimum absolute atomic E-state index is 0.0141. The summed E-state index contributed by atoms with van der Waals surface area (Å²) < 4.78 is 10.8. The Bertz CT molecular complexity index is 1510. The minimum atomic E-state index is -1.06. The Labute approximate surface area is 247 Å². The van der Waals surface area contributed by atoms with Crippen LogP contribution in [0.25, 0.3) is 0 Å². The van der Waals surface area contributed by atoms with E-state index in [-0.39, 0.29) is 29.4 Å². The summed E-state index contributed by atoms with van der Waals surface area (Å²) in [6, 6.07) is 10.9. The van der Waals surface area contributed by atoms with Gasteiger partial charge >= 0.3 is 11.9 Å². The molecule has 3 aromatic carbocycles. The largest absolute Gasteiger partial charge is 0.508 e. The number of carbonyl (C=O) groups excluding carboxylic acids is 4. The molecule has 0 saturated heterocycles. The van der Waals surface area contributed by atoms with E-state index in [0.29, 0.717) is 18.4 Å². The first-order valence-electron chi connectivity index (χ1n) is 13.9. The lowest BCUT2D eigenvalue weighted by Gasteiger charge is -2.31. The van der Waals surface area contributed by atoms with E-state index in [1.807, 2.05) is 13.8 Å². The maximum Gasteiger partial charge on any atom is 0.339 e. The predicted octanol–water partition coefficient (Wildman–Crippen LogP) is 4.45. The van der Waals surface area contributed by atoms with Gasteiger partial charge in [0.1, 0.15) is 34.7 Å². The Kier molecular flexibility index (Phi) is 9.54. The molecule has 43 heavy (non-hydrogen) atoms. The van der Waals surface area contributed by atoms with E-state index in [1.54, 1.807) is 0 Å². The van der Waals surface area contributed by atoms with Crippen molar-refractivity contribution in [2.45, 2.75) is 51.7 Å². The summed E-state index contributed by atoms with van der Waals surface area (Å²) in [5.41, 5.74) is -1.30. The number of amides is 1. The molecular weight excluding hydrogens is 558 g/mol. The van der Waals surface area contributed by atoms with Crippen LogP contribution in [0, 0.1) is 5.92 Å². The molecule has 1 amide bonds. The zero-order valence-corrected chi connectivity index (χ0v) is 23.7. The first-order chi connectivity index (χ1) is 20.5. The highest BCUT2D eigenvalue weighted by molar-refractivity contribution is 6.18. The fourth-order valence-electron chi connectivity index (χ4n) is 4.83. The molecule has 0 aliphatic heterocycles. The van der Waals surface area contributed by atoms with Crippen LogP contribution in [0.5, 0.6) is 23.0 Å². The standard InChI is InChI=1S/C32H33NO10/c1-17(2)16-42-32(41)21-6-5-8-23(35)27(21)29(38)28-24(36)14-19(15-25(28)37)31(40)43-26-9-4-3-7-22(26)33-30(39)18-10-12-20(34)13-11-18/h5-6,8,10-15,17,22,26,34-37H,3-4,7,9,16H2,1-2H3,(H,33,39)/t22-,26-/m0/s1. The maximum absolute atomic E-state index is 13.4. The smallest absolute Gasteiger partial charge is 0.339 e. The van der Waals surface area contributed by atoms with Gasteiger partial charge in [0.15, 0.2) is 0 Å². The number of phenolic OH excluding ortho intramolecular Hbond substituents is 4. The number of phenols is 4. The van der Waals surface area contributed by atoms with Crippen LogP contribution in [-0.4, -0.2) is 62.8 Å². The van der Waals surface area contributed by atoms with E-state index in [0.717, 1.165) is 25.0 Å². The lowest BCUT2D eigenvalue weighted by atomic mass is 9.92. The highest BCUT2D eigenvalue weighted by atomic mass is 16.5. The average molecular weight is 592 g/mol. The Morgan fingerprint density at radius 2 is 1.47 bits per heavy atom. The molecule has 11 heteroatoms. The molecule has 3 aromatic rings. The number of hydrogen-bond donors (Lipinski definition) is 5. The molecule has 1 fully saturated rings. The quantitative estimate of drug-likeness (QED) is 0.176. The van der Waals surface area contributed by atoms with Crippen LogP contribution in [0.3, 0.4) is 0 Å². The van der Waals surface area contributed by atoms with Crippen LogP contribution in [-0.2, 0) is 9.47 Å². The summed E-state index contributed by atoms with van der Waals surface area (Å²) in [6.45, 7) is 3.72. The van der Waals surface area contributed by atoms with Gasteiger partial charge < -0.3 is 35.2 Å². The molecule has 0 bridgehead atoms. The topological polar surface area (TPSA) is 180 Å². The molecule has 226 valence electrons. The highest BCUT2D eigenvalue weighted by Crippen LogP contribution is 2.35. The number of benzene rings is 3. The number of aromatic hydroxyl groups is 4. The van der Waals surface area contributed by atoms with Crippen LogP contribution >= 0.6 is 0 Å². The number of ketones is 1. The van der Waals surface area contributed by atoms with Crippen molar-refractivity contribution in [3.05, 3.63) is 82.4 Å². The Balaban J connectivity index is 1.53. The van der Waals surface area contributed by atoms with Gasteiger partial charge in [0.05, 0.1) is 29.3 Å². The van der Waals surface area contributed by atoms with Crippen molar-refractivity contribution >= 4 is 23.6 Å². The predicted molar refractivity (Wildman–Crippen MR) is 153 cm³/mol. The van der Waals surface area contributed by atoms with Crippen molar-refractivity contribution in [1.82, 2.24) is 5.32 Å². The molecule has 0 radical (unpaired) electrons. The SMILES string of the molecule is CC(C)COC(=O)c1cccc(O)c1C(=O)c1c(O)cc(C(=O)O[C@H]2CCCC[C@@H]2NC(=O)c2ccc(O)cc2)cc1O. The van der Waals surface area contributed by atoms with Gasteiger partial charge in [-0.25, -0.2) is 9.59 Å². The van der Waals surface area contributed by atoms with Crippen LogP contribution in [0.4, 0.5) is 0 Å². The third-order valence-electron chi connectivity index (χ3n) is 7.00. The van der Waals surface area contributed by atoms with Gasteiger partial charge in [-0.3, -0.25) is 9.59 Å². The average Bonchev–Trinajstić information content (AvgIpc) is 2.96. The highest BCUT2D eigenvalue weighted by Gasteiger charge is 2.32. The molecule has 0 unspecified atom stereocenters. The molecule has 0 heterocycles. The number of ether oxygens (including phenoxy) is 2. The van der Waals surface area contributed by atoms with E-state index < -0.39 is 64.2 Å². The van der Waals surface area contributed by atoms with Gasteiger partial charge in [0.2, 0.25) is 5.78 Å². The molecule has 0 spiro atoms. The number of hydrogen-bond acceptors (Lipinski definition) is 10. The van der Waals surface area contributed by atoms with E-state index >= 15 is 0 Å². The number of rotatable bonds is 9. The first-order valence-corrected chi connectivity index (χ1v) is 13.9. The van der Waals surface area contributed by atoms with Gasteiger partial charge in [-0.05, 0) is 73.7 Å². The zero-order valence-electron chi connectivity index (χ0n) is 23.7. The van der Waals surface area contributed by atoms with Crippen molar-refractivity contribution < 1.29 is 49.1 Å². The van der Waals surface area contributed by atoms with E-state index in [4.69, 9.17) is 9.47 Å². The Morgan fingerprint density at radius 3 is 2.12 bits per heavy atom. The molecule has 1 saturated carbocycles. The number of esters is 2. The van der Waals surface area contributed by atoms with Gasteiger partial charge in [-0.2, -0.15) is 0 Å². The third kappa shape index (κ3) is 7.24. The summed E-state index contributed by atoms with van der Waals surface area (Å²) in [7, 11) is 0. The minimum Gasteiger partial charge on any atom is -0.508 e. The monoisotopic (exact) mass is 591 g/mol. The van der Waals surface area contributed by atoms with Crippen molar-refractivity contribution in [3.8, 4) is 23.0 Å². The lowest BCUT2D eigenvalue weighted by molar-refractivity contribution is 0.00995. The van der Waals surface area contributed by atoms with Crippen LogP contribution in [0.15, 0.2) is 54.6 Å². The first kappa shape index (κ1) is 30.9. The molecule has 1 aliphatic carbocycles. The van der Waals surface area contributed by atoms with Crippen LogP contribution < -0.4 is 5.32 Å². The van der Waals surface area contributed by atoms with E-state index in [2.05, 4.69) is 5.32 Å². The van der Waals surface area contributed by atoms with Gasteiger partial charge in [0, 0.05) is 5.56 Å². The van der Waals surface area contributed by atoms with Crippen molar-refractivity contribution in [2.75, 3.05) is 6.61 Å². The van der Waals surface area contributed by atoms with Crippen molar-refractivity contribution in [2.24, 2.45) is 5.92 Å². The number of nitrogens with one attached hydrogen (secondary N) is 1. The second kappa shape index (κ2) is 13.3. The van der Waals surface area contributed by atoms with Gasteiger partial charge in [-0.1, -0.05) is 26.3 Å². The van der Waals surface area contributed by atoms with E-state index in [9.17, 15) is 39.6 Å². The van der Waals surface area contributed by atoms with Crippen LogP contribution in [0.2, 0.25) is 0 Å². The third-order valence-corrected chi connectivity index (χ3v) is 7.00. The lowest BCUT2D eigenvalue weighted by Crippen LogP contribution is -2.47. The summed E-state index contributed by atoms with van der Waals surface area (Å²) >= 11 is 0. The van der Waals surface area contributed by atoms with E-state index in [1.165, 1.54) is 42.5 Å². The normalized spacial score (nSPS) is 16.3. The zero-order chi connectivity index (χ0) is 31.3. The maximum atomic E-state index is 13.4. The van der Waals surface area contributed by atoms with Crippen molar-refractivity contribution in [1.29, 1.82) is 0 Å². The summed E-state index contributed by atoms with van der Waals surface area (Å²) in [5, 5.41) is 44.2. The fraction of sp³-hybridized carbons (Fsp3) is 0.312. The summed E-state index contributed by atoms with van der Waals surface area (Å²) in [6.07, 6.45) is 1.86. The number of carbonyl (C=O) groups is 4. The second-order valence-corrected chi connectivity index (χ2v) is 10.8. The molecule has 2 atom stereocenters. The molecule has 11 nitrogen and oxygen atoms in total. The molecule has 0 aromatic heterocycles.